The Morgan fingerprint density at radius 2 is 2.07 bits per heavy atom. The second kappa shape index (κ2) is 11.3. The number of aromatic nitrogens is 1. The lowest BCUT2D eigenvalue weighted by Crippen LogP contribution is -2.42. The molecule has 7 nitrogen and oxygen atoms in total. The number of rotatable bonds is 10. The fourth-order valence-electron chi connectivity index (χ4n) is 2.79. The lowest BCUT2D eigenvalue weighted by atomic mass is 10.1. The molecule has 0 saturated heterocycles. The van der Waals surface area contributed by atoms with E-state index >= 15 is 0 Å². The first kappa shape index (κ1) is 21.8. The van der Waals surface area contributed by atoms with Gasteiger partial charge in [0, 0.05) is 25.1 Å². The highest BCUT2D eigenvalue weighted by Crippen LogP contribution is 2.16. The van der Waals surface area contributed by atoms with E-state index in [1.54, 1.807) is 0 Å². The van der Waals surface area contributed by atoms with Gasteiger partial charge in [-0.3, -0.25) is 0 Å². The fraction of sp³-hybridized carbons (Fsp3) is 0.524. The Morgan fingerprint density at radius 3 is 2.75 bits per heavy atom. The first-order valence-electron chi connectivity index (χ1n) is 9.93. The fourth-order valence-corrected chi connectivity index (χ4v) is 2.79. The Balaban J connectivity index is 1.89. The van der Waals surface area contributed by atoms with Gasteiger partial charge < -0.3 is 25.0 Å². The monoisotopic (exact) mass is 388 g/mol. The summed E-state index contributed by atoms with van der Waals surface area (Å²) >= 11 is 0. The van der Waals surface area contributed by atoms with E-state index in [4.69, 9.17) is 9.26 Å². The van der Waals surface area contributed by atoms with E-state index in [2.05, 4.69) is 27.7 Å². The van der Waals surface area contributed by atoms with Gasteiger partial charge in [0.25, 0.3) is 0 Å². The second-order valence-corrected chi connectivity index (χ2v) is 6.60. The smallest absolute Gasteiger partial charge is 0.191 e. The Morgan fingerprint density at radius 1 is 1.25 bits per heavy atom. The van der Waals surface area contributed by atoms with E-state index < -0.39 is 6.10 Å². The standard InChI is InChI=1S/C21H32N4O3/c1-5-19-18(20(6-2)28-25-19)13-24-21(22-7-3)23-12-16(26)14-27-17-10-8-9-15(4)11-17/h8-11,16,26H,5-7,12-14H2,1-4H3,(H2,22,23,24). The molecule has 1 aromatic carbocycles. The number of guanidine groups is 1. The Labute approximate surface area is 167 Å². The summed E-state index contributed by atoms with van der Waals surface area (Å²) in [5, 5.41) is 20.7. The van der Waals surface area contributed by atoms with Gasteiger partial charge in [-0.2, -0.15) is 0 Å². The molecule has 1 heterocycles. The Hall–Kier alpha value is -2.54. The minimum Gasteiger partial charge on any atom is -0.491 e. The van der Waals surface area contributed by atoms with Crippen LogP contribution in [0.15, 0.2) is 33.8 Å². The van der Waals surface area contributed by atoms with E-state index in [9.17, 15) is 5.11 Å². The zero-order valence-electron chi connectivity index (χ0n) is 17.3. The number of aliphatic hydroxyl groups excluding tert-OH is 1. The second-order valence-electron chi connectivity index (χ2n) is 6.60. The molecule has 0 aliphatic carbocycles. The van der Waals surface area contributed by atoms with Gasteiger partial charge in [-0.05, 0) is 38.0 Å². The normalized spacial score (nSPS) is 12.7. The van der Waals surface area contributed by atoms with Crippen molar-refractivity contribution < 1.29 is 14.4 Å². The van der Waals surface area contributed by atoms with Gasteiger partial charge in [0.1, 0.15) is 24.2 Å². The van der Waals surface area contributed by atoms with Crippen molar-refractivity contribution in [2.24, 2.45) is 4.99 Å². The van der Waals surface area contributed by atoms with Gasteiger partial charge in [0.05, 0.1) is 12.2 Å². The van der Waals surface area contributed by atoms with Crippen molar-refractivity contribution in [3.63, 3.8) is 0 Å². The molecule has 0 bridgehead atoms. The number of hydrogen-bond donors (Lipinski definition) is 3. The molecule has 2 aromatic rings. The number of benzene rings is 1. The lowest BCUT2D eigenvalue weighted by Gasteiger charge is -2.16. The van der Waals surface area contributed by atoms with Crippen LogP contribution in [0.1, 0.15) is 43.4 Å². The summed E-state index contributed by atoms with van der Waals surface area (Å²) in [5.74, 6) is 2.27. The molecular weight excluding hydrogens is 356 g/mol. The number of ether oxygens (including phenoxy) is 1. The number of hydrogen-bond acceptors (Lipinski definition) is 5. The molecule has 0 fully saturated rings. The largest absolute Gasteiger partial charge is 0.491 e. The van der Waals surface area contributed by atoms with Gasteiger partial charge >= 0.3 is 0 Å². The summed E-state index contributed by atoms with van der Waals surface area (Å²) in [4.78, 5) is 4.62. The number of aryl methyl sites for hydroxylation is 3. The zero-order valence-corrected chi connectivity index (χ0v) is 17.3. The van der Waals surface area contributed by atoms with E-state index in [1.165, 1.54) is 0 Å². The molecule has 0 spiro atoms. The molecular formula is C21H32N4O3. The number of nitrogens with one attached hydrogen (secondary N) is 2. The van der Waals surface area contributed by atoms with Gasteiger partial charge in [-0.1, -0.05) is 31.1 Å². The van der Waals surface area contributed by atoms with Crippen LogP contribution in [0.5, 0.6) is 5.75 Å². The quantitative estimate of drug-likeness (QED) is 0.428. The summed E-state index contributed by atoms with van der Waals surface area (Å²) in [6.45, 7) is 9.87. The first-order chi connectivity index (χ1) is 13.6. The topological polar surface area (TPSA) is 91.9 Å². The molecule has 0 aliphatic heterocycles. The number of aliphatic imine (C=N–C) groups is 1. The predicted octanol–water partition coefficient (Wildman–Crippen LogP) is 2.60. The molecule has 154 valence electrons. The predicted molar refractivity (Wildman–Crippen MR) is 111 cm³/mol. The van der Waals surface area contributed by atoms with Crippen LogP contribution in [0, 0.1) is 6.92 Å². The van der Waals surface area contributed by atoms with E-state index in [0.717, 1.165) is 47.7 Å². The van der Waals surface area contributed by atoms with E-state index in [1.807, 2.05) is 45.0 Å². The molecule has 0 amide bonds. The van der Waals surface area contributed by atoms with Crippen LogP contribution in [0.3, 0.4) is 0 Å². The van der Waals surface area contributed by atoms with Gasteiger partial charge in [-0.15, -0.1) is 0 Å². The van der Waals surface area contributed by atoms with Crippen molar-refractivity contribution in [1.82, 2.24) is 15.8 Å². The lowest BCUT2D eigenvalue weighted by molar-refractivity contribution is 0.110. The first-order valence-corrected chi connectivity index (χ1v) is 9.93. The molecule has 2 rings (SSSR count). The maximum Gasteiger partial charge on any atom is 0.191 e. The third kappa shape index (κ3) is 6.56. The van der Waals surface area contributed by atoms with Gasteiger partial charge in [0.2, 0.25) is 0 Å². The summed E-state index contributed by atoms with van der Waals surface area (Å²) in [6.07, 6.45) is 0.946. The highest BCUT2D eigenvalue weighted by atomic mass is 16.5. The van der Waals surface area contributed by atoms with Crippen LogP contribution in [-0.4, -0.2) is 42.0 Å². The van der Waals surface area contributed by atoms with Crippen molar-refractivity contribution >= 4 is 5.96 Å². The van der Waals surface area contributed by atoms with Gasteiger partial charge in [0.15, 0.2) is 5.96 Å². The average Bonchev–Trinajstić information content (AvgIpc) is 3.10. The summed E-state index contributed by atoms with van der Waals surface area (Å²) < 4.78 is 11.0. The summed E-state index contributed by atoms with van der Waals surface area (Å²) in [7, 11) is 0. The highest BCUT2D eigenvalue weighted by Gasteiger charge is 2.13. The maximum absolute atomic E-state index is 10.2. The van der Waals surface area contributed by atoms with Crippen LogP contribution >= 0.6 is 0 Å². The molecule has 7 heteroatoms. The molecule has 1 unspecified atom stereocenters. The summed E-state index contributed by atoms with van der Waals surface area (Å²) in [5.41, 5.74) is 3.12. The van der Waals surface area contributed by atoms with Crippen LogP contribution in [-0.2, 0) is 19.4 Å². The molecule has 0 aliphatic rings. The molecule has 0 saturated carbocycles. The van der Waals surface area contributed by atoms with Crippen LogP contribution < -0.4 is 15.4 Å². The minimum absolute atomic E-state index is 0.210. The number of nitrogens with zero attached hydrogens (tertiary/aromatic N) is 2. The van der Waals surface area contributed by atoms with E-state index in [-0.39, 0.29) is 6.61 Å². The summed E-state index contributed by atoms with van der Waals surface area (Å²) in [6, 6.07) is 7.77. The van der Waals surface area contributed by atoms with E-state index in [0.29, 0.717) is 19.0 Å². The van der Waals surface area contributed by atoms with Crippen molar-refractivity contribution in [2.45, 2.75) is 53.2 Å². The molecule has 0 radical (unpaired) electrons. The molecule has 3 N–H and O–H groups in total. The van der Waals surface area contributed by atoms with Crippen molar-refractivity contribution in [1.29, 1.82) is 0 Å². The van der Waals surface area contributed by atoms with Crippen molar-refractivity contribution in [3.05, 3.63) is 46.8 Å². The Bertz CT molecular complexity index is 736. The Kier molecular flexibility index (Phi) is 8.81. The minimum atomic E-state index is -0.655. The number of aliphatic hydroxyl groups is 1. The zero-order chi connectivity index (χ0) is 20.4. The average molecular weight is 389 g/mol. The molecule has 1 aromatic heterocycles. The third-order valence-electron chi connectivity index (χ3n) is 4.28. The van der Waals surface area contributed by atoms with Crippen LogP contribution in [0.2, 0.25) is 0 Å². The third-order valence-corrected chi connectivity index (χ3v) is 4.28. The molecule has 1 atom stereocenters. The molecule has 28 heavy (non-hydrogen) atoms. The van der Waals surface area contributed by atoms with Crippen LogP contribution in [0.4, 0.5) is 0 Å². The SMILES string of the molecule is CCNC(=NCc1c(CC)noc1CC)NCC(O)COc1cccc(C)c1. The van der Waals surface area contributed by atoms with Gasteiger partial charge in [-0.25, -0.2) is 4.99 Å². The van der Waals surface area contributed by atoms with Crippen molar-refractivity contribution in [2.75, 3.05) is 19.7 Å². The van der Waals surface area contributed by atoms with Crippen molar-refractivity contribution in [3.8, 4) is 5.75 Å². The van der Waals surface area contributed by atoms with Crippen LogP contribution in [0.25, 0.3) is 0 Å². The maximum atomic E-state index is 10.2. The highest BCUT2D eigenvalue weighted by molar-refractivity contribution is 5.79.